The van der Waals surface area contributed by atoms with Crippen LogP contribution in [-0.2, 0) is 6.42 Å². The van der Waals surface area contributed by atoms with Crippen LogP contribution in [0, 0.1) is 6.92 Å². The van der Waals surface area contributed by atoms with Crippen LogP contribution in [0.4, 0.5) is 11.6 Å². The maximum Gasteiger partial charge on any atom is 0.160 e. The van der Waals surface area contributed by atoms with Gasteiger partial charge in [-0.3, -0.25) is 4.98 Å². The fraction of sp³-hybridized carbons (Fsp3) is 0.545. The van der Waals surface area contributed by atoms with E-state index in [4.69, 9.17) is 15.1 Å². The quantitative estimate of drug-likeness (QED) is 0.619. The van der Waals surface area contributed by atoms with Crippen LogP contribution in [-0.4, -0.2) is 54.9 Å². The molecule has 0 aliphatic carbocycles. The molecule has 8 nitrogen and oxygen atoms in total. The summed E-state index contributed by atoms with van der Waals surface area (Å²) in [6.07, 6.45) is 6.13. The van der Waals surface area contributed by atoms with Gasteiger partial charge in [-0.2, -0.15) is 9.61 Å². The first kappa shape index (κ1) is 20.5. The van der Waals surface area contributed by atoms with E-state index in [2.05, 4.69) is 22.1 Å². The molecule has 8 heteroatoms. The molecule has 1 saturated heterocycles. The third-order valence-electron chi connectivity index (χ3n) is 5.30. The number of hydrogen-bond donors (Lipinski definition) is 2. The fourth-order valence-electron chi connectivity index (χ4n) is 3.72. The molecule has 3 aromatic rings. The Morgan fingerprint density at radius 2 is 1.93 bits per heavy atom. The molecule has 0 unspecified atom stereocenters. The van der Waals surface area contributed by atoms with Crippen LogP contribution in [0.25, 0.3) is 17.0 Å². The van der Waals surface area contributed by atoms with E-state index in [9.17, 15) is 5.11 Å². The first-order chi connectivity index (χ1) is 14.3. The topological polar surface area (TPSA) is 91.5 Å². The molecular weight excluding hydrogens is 378 g/mol. The maximum absolute atomic E-state index is 10.2. The highest BCUT2D eigenvalue weighted by Gasteiger charge is 2.20. The van der Waals surface area contributed by atoms with Crippen LogP contribution in [0.3, 0.4) is 0 Å². The molecule has 2 N–H and O–H groups in total. The zero-order valence-corrected chi connectivity index (χ0v) is 18.3. The second-order valence-electron chi connectivity index (χ2n) is 8.70. The molecule has 1 fully saturated rings. The number of rotatable bonds is 7. The van der Waals surface area contributed by atoms with Gasteiger partial charge in [-0.05, 0) is 40.0 Å². The zero-order valence-electron chi connectivity index (χ0n) is 18.3. The number of aliphatic hydroxyl groups is 1. The Hall–Kier alpha value is -2.74. The summed E-state index contributed by atoms with van der Waals surface area (Å²) in [7, 11) is 0. The van der Waals surface area contributed by atoms with Crippen molar-refractivity contribution in [3.63, 3.8) is 0 Å². The van der Waals surface area contributed by atoms with E-state index in [-0.39, 0.29) is 0 Å². The SMILES string of the molecule is CCCc1cnc(C)c(-c2cc3nc(N4CCCC4)cc(NCC(C)(C)O)n3n2)n1. The van der Waals surface area contributed by atoms with E-state index in [1.54, 1.807) is 18.4 Å². The standard InChI is InChI=1S/C22H31N7O/c1-5-8-16-13-23-15(2)21(25-16)17-11-20-26-19(28-9-6-7-10-28)12-18(29(20)27-17)24-14-22(3,4)30/h11-13,24,30H,5-10,14H2,1-4H3. The summed E-state index contributed by atoms with van der Waals surface area (Å²) in [5.41, 5.74) is 3.30. The minimum absolute atomic E-state index is 0.408. The number of anilines is 2. The number of aryl methyl sites for hydroxylation is 2. The van der Waals surface area contributed by atoms with Crippen molar-refractivity contribution in [3.05, 3.63) is 29.7 Å². The lowest BCUT2D eigenvalue weighted by atomic mass is 10.1. The summed E-state index contributed by atoms with van der Waals surface area (Å²) in [5.74, 6) is 1.75. The summed E-state index contributed by atoms with van der Waals surface area (Å²) in [4.78, 5) is 16.5. The molecule has 1 aliphatic rings. The third kappa shape index (κ3) is 4.38. The number of aromatic nitrogens is 5. The van der Waals surface area contributed by atoms with Gasteiger partial charge in [-0.15, -0.1) is 0 Å². The first-order valence-electron chi connectivity index (χ1n) is 10.8. The predicted octanol–water partition coefficient (Wildman–Crippen LogP) is 3.23. The summed E-state index contributed by atoms with van der Waals surface area (Å²) in [5, 5.41) is 18.3. The lowest BCUT2D eigenvalue weighted by molar-refractivity contribution is 0.0944. The minimum Gasteiger partial charge on any atom is -0.389 e. The highest BCUT2D eigenvalue weighted by Crippen LogP contribution is 2.27. The largest absolute Gasteiger partial charge is 0.389 e. The van der Waals surface area contributed by atoms with E-state index >= 15 is 0 Å². The maximum atomic E-state index is 10.2. The van der Waals surface area contributed by atoms with Gasteiger partial charge in [-0.1, -0.05) is 13.3 Å². The molecule has 30 heavy (non-hydrogen) atoms. The van der Waals surface area contributed by atoms with Crippen molar-refractivity contribution in [2.45, 2.75) is 59.0 Å². The zero-order chi connectivity index (χ0) is 21.3. The van der Waals surface area contributed by atoms with Crippen molar-refractivity contribution >= 4 is 17.3 Å². The molecule has 4 rings (SSSR count). The number of hydrogen-bond acceptors (Lipinski definition) is 7. The Kier molecular flexibility index (Phi) is 5.60. The molecule has 0 atom stereocenters. The van der Waals surface area contributed by atoms with Crippen LogP contribution in [0.1, 0.15) is 51.4 Å². The summed E-state index contributed by atoms with van der Waals surface area (Å²) in [6, 6.07) is 3.99. The van der Waals surface area contributed by atoms with Gasteiger partial charge >= 0.3 is 0 Å². The van der Waals surface area contributed by atoms with Gasteiger partial charge in [0.15, 0.2) is 5.65 Å². The van der Waals surface area contributed by atoms with E-state index in [1.807, 2.05) is 25.3 Å². The van der Waals surface area contributed by atoms with Crippen molar-refractivity contribution in [1.29, 1.82) is 0 Å². The van der Waals surface area contributed by atoms with Crippen molar-refractivity contribution in [3.8, 4) is 11.4 Å². The number of nitrogens with one attached hydrogen (secondary N) is 1. The van der Waals surface area contributed by atoms with Crippen LogP contribution >= 0.6 is 0 Å². The van der Waals surface area contributed by atoms with Crippen LogP contribution in [0.15, 0.2) is 18.3 Å². The molecule has 0 radical (unpaired) electrons. The van der Waals surface area contributed by atoms with Crippen LogP contribution in [0.2, 0.25) is 0 Å². The van der Waals surface area contributed by atoms with Crippen molar-refractivity contribution in [2.75, 3.05) is 29.9 Å². The Balaban J connectivity index is 1.79. The number of fused-ring (bicyclic) bond motifs is 1. The summed E-state index contributed by atoms with van der Waals surface area (Å²) < 4.78 is 1.80. The van der Waals surface area contributed by atoms with Gasteiger partial charge in [0.2, 0.25) is 0 Å². The average molecular weight is 410 g/mol. The van der Waals surface area contributed by atoms with Gasteiger partial charge in [0.25, 0.3) is 0 Å². The Morgan fingerprint density at radius 1 is 1.17 bits per heavy atom. The van der Waals surface area contributed by atoms with Gasteiger partial charge in [0.1, 0.15) is 23.0 Å². The summed E-state index contributed by atoms with van der Waals surface area (Å²) >= 11 is 0. The Morgan fingerprint density at radius 3 is 2.63 bits per heavy atom. The van der Waals surface area contributed by atoms with Gasteiger partial charge in [0.05, 0.1) is 17.0 Å². The smallest absolute Gasteiger partial charge is 0.160 e. The van der Waals surface area contributed by atoms with Crippen LogP contribution in [0.5, 0.6) is 0 Å². The second-order valence-corrected chi connectivity index (χ2v) is 8.70. The molecule has 0 saturated carbocycles. The Bertz CT molecular complexity index is 1030. The van der Waals surface area contributed by atoms with E-state index in [0.29, 0.717) is 6.54 Å². The highest BCUT2D eigenvalue weighted by atomic mass is 16.3. The van der Waals surface area contributed by atoms with Crippen molar-refractivity contribution < 1.29 is 5.11 Å². The second kappa shape index (κ2) is 8.18. The van der Waals surface area contributed by atoms with E-state index < -0.39 is 5.60 Å². The average Bonchev–Trinajstić information content (AvgIpc) is 3.36. The summed E-state index contributed by atoms with van der Waals surface area (Å²) in [6.45, 7) is 10.1. The monoisotopic (exact) mass is 409 g/mol. The molecule has 160 valence electrons. The normalized spacial score (nSPS) is 14.6. The van der Waals surface area contributed by atoms with E-state index in [1.165, 1.54) is 12.8 Å². The molecule has 0 aromatic carbocycles. The Labute approximate surface area is 177 Å². The fourth-order valence-corrected chi connectivity index (χ4v) is 3.72. The lowest BCUT2D eigenvalue weighted by Crippen LogP contribution is -2.30. The molecule has 3 aromatic heterocycles. The molecule has 0 amide bonds. The van der Waals surface area contributed by atoms with Gasteiger partial charge in [0, 0.05) is 38.0 Å². The first-order valence-corrected chi connectivity index (χ1v) is 10.8. The molecule has 0 bridgehead atoms. The van der Waals surface area contributed by atoms with Gasteiger partial charge in [-0.25, -0.2) is 9.97 Å². The number of nitrogens with zero attached hydrogens (tertiary/aromatic N) is 6. The molecule has 1 aliphatic heterocycles. The molecule has 4 heterocycles. The van der Waals surface area contributed by atoms with Crippen LogP contribution < -0.4 is 10.2 Å². The molecule has 0 spiro atoms. The van der Waals surface area contributed by atoms with Crippen molar-refractivity contribution in [2.24, 2.45) is 0 Å². The third-order valence-corrected chi connectivity index (χ3v) is 5.30. The minimum atomic E-state index is -0.837. The van der Waals surface area contributed by atoms with E-state index in [0.717, 1.165) is 66.0 Å². The van der Waals surface area contributed by atoms with Crippen molar-refractivity contribution in [1.82, 2.24) is 24.6 Å². The lowest BCUT2D eigenvalue weighted by Gasteiger charge is -2.21. The highest BCUT2D eigenvalue weighted by molar-refractivity contribution is 5.67. The predicted molar refractivity (Wildman–Crippen MR) is 119 cm³/mol. The molecular formula is C22H31N7O. The van der Waals surface area contributed by atoms with Gasteiger partial charge < -0.3 is 15.3 Å².